The first-order valence-corrected chi connectivity index (χ1v) is 11.8. The number of nitrogens with one attached hydrogen (secondary N) is 2. The minimum atomic E-state index is -0.540. The fourth-order valence-electron chi connectivity index (χ4n) is 3.50. The first-order valence-electron chi connectivity index (χ1n) is 11.8. The van der Waals surface area contributed by atoms with Gasteiger partial charge in [0.25, 0.3) is 0 Å². The van der Waals surface area contributed by atoms with Gasteiger partial charge in [0.05, 0.1) is 5.69 Å². The van der Waals surface area contributed by atoms with Gasteiger partial charge in [0, 0.05) is 24.9 Å². The number of amides is 3. The number of para-hydroxylation sites is 2. The molecule has 2 N–H and O–H groups in total. The lowest BCUT2D eigenvalue weighted by atomic mass is 10.2. The van der Waals surface area contributed by atoms with Gasteiger partial charge in [-0.1, -0.05) is 60.7 Å². The highest BCUT2D eigenvalue weighted by Gasteiger charge is 2.17. The third kappa shape index (κ3) is 7.53. The molecule has 186 valence electrons. The van der Waals surface area contributed by atoms with Gasteiger partial charge in [-0.2, -0.15) is 0 Å². The summed E-state index contributed by atoms with van der Waals surface area (Å²) in [4.78, 5) is 26.8. The lowest BCUT2D eigenvalue weighted by Gasteiger charge is -2.24. The van der Waals surface area contributed by atoms with Gasteiger partial charge >= 0.3 is 6.03 Å². The molecule has 0 saturated heterocycles. The van der Waals surface area contributed by atoms with Gasteiger partial charge in [0.2, 0.25) is 5.91 Å². The molecule has 0 aliphatic heterocycles. The van der Waals surface area contributed by atoms with E-state index in [1.165, 1.54) is 23.1 Å². The maximum Gasteiger partial charge on any atom is 0.326 e. The van der Waals surface area contributed by atoms with E-state index in [4.69, 9.17) is 4.74 Å². The zero-order valence-corrected chi connectivity index (χ0v) is 20.0. The molecule has 6 nitrogen and oxygen atoms in total. The third-order valence-corrected chi connectivity index (χ3v) is 5.35. The third-order valence-electron chi connectivity index (χ3n) is 5.35. The van der Waals surface area contributed by atoms with E-state index in [1.54, 1.807) is 42.5 Å². The second-order valence-electron chi connectivity index (χ2n) is 8.01. The van der Waals surface area contributed by atoms with E-state index in [1.807, 2.05) is 60.7 Å². The molecule has 7 heteroatoms. The van der Waals surface area contributed by atoms with Crippen molar-refractivity contribution in [2.24, 2.45) is 0 Å². The Balaban J connectivity index is 1.44. The number of benzene rings is 4. The van der Waals surface area contributed by atoms with Crippen LogP contribution in [0, 0.1) is 5.82 Å². The normalized spacial score (nSPS) is 10.6. The molecule has 0 aromatic heterocycles. The van der Waals surface area contributed by atoms with Crippen molar-refractivity contribution < 1.29 is 18.7 Å². The Morgan fingerprint density at radius 1 is 0.784 bits per heavy atom. The largest absolute Gasteiger partial charge is 0.457 e. The summed E-state index contributed by atoms with van der Waals surface area (Å²) in [5.74, 6) is 0.464. The zero-order chi connectivity index (χ0) is 25.9. The molecule has 3 amide bonds. The van der Waals surface area contributed by atoms with E-state index in [-0.39, 0.29) is 24.7 Å². The minimum Gasteiger partial charge on any atom is -0.457 e. The van der Waals surface area contributed by atoms with E-state index in [0.29, 0.717) is 17.2 Å². The Kier molecular flexibility index (Phi) is 8.64. The number of hydrogen-bond acceptors (Lipinski definition) is 3. The number of anilines is 2. The Bertz CT molecular complexity index is 1340. The zero-order valence-electron chi connectivity index (χ0n) is 20.0. The molecule has 0 saturated carbocycles. The standard InChI is InChI=1S/C30H26FN3O3/c31-27-13-7-8-14-28(27)33-30(36)34(22-21-32-29(35)20-15-23-9-3-1-4-10-23)24-16-18-26(19-17-24)37-25-11-5-2-6-12-25/h1-20H,21-22H2,(H,32,35)(H,33,36)/b20-15+. The van der Waals surface area contributed by atoms with Crippen molar-refractivity contribution >= 4 is 29.4 Å². The molecule has 4 rings (SSSR count). The van der Waals surface area contributed by atoms with Crippen LogP contribution in [0.4, 0.5) is 20.6 Å². The van der Waals surface area contributed by atoms with E-state index in [2.05, 4.69) is 10.6 Å². The summed E-state index contributed by atoms with van der Waals surface area (Å²) in [5.41, 5.74) is 1.53. The van der Waals surface area contributed by atoms with Crippen LogP contribution in [0.3, 0.4) is 0 Å². The molecule has 0 unspecified atom stereocenters. The monoisotopic (exact) mass is 495 g/mol. The van der Waals surface area contributed by atoms with Crippen LogP contribution in [-0.2, 0) is 4.79 Å². The average molecular weight is 496 g/mol. The van der Waals surface area contributed by atoms with E-state index >= 15 is 0 Å². The molecular formula is C30H26FN3O3. The molecule has 0 fully saturated rings. The SMILES string of the molecule is O=C(/C=C/c1ccccc1)NCCN(C(=O)Nc1ccccc1F)c1ccc(Oc2ccccc2)cc1. The number of halogens is 1. The molecule has 0 aliphatic rings. The Hall–Kier alpha value is -4.91. The number of carbonyl (C=O) groups is 2. The number of urea groups is 1. The van der Waals surface area contributed by atoms with Gasteiger partial charge in [0.1, 0.15) is 17.3 Å². The van der Waals surface area contributed by atoms with Crippen molar-refractivity contribution in [2.75, 3.05) is 23.3 Å². The Labute approximate surface area is 215 Å². The highest BCUT2D eigenvalue weighted by molar-refractivity contribution is 6.02. The molecule has 0 radical (unpaired) electrons. The molecule has 4 aromatic rings. The van der Waals surface area contributed by atoms with Gasteiger partial charge in [-0.3, -0.25) is 9.69 Å². The summed E-state index contributed by atoms with van der Waals surface area (Å²) in [6.07, 6.45) is 3.15. The quantitative estimate of drug-likeness (QED) is 0.261. The van der Waals surface area contributed by atoms with Gasteiger partial charge in [-0.25, -0.2) is 9.18 Å². The van der Waals surface area contributed by atoms with Crippen LogP contribution in [0.5, 0.6) is 11.5 Å². The second kappa shape index (κ2) is 12.7. The van der Waals surface area contributed by atoms with E-state index in [0.717, 1.165) is 5.56 Å². The van der Waals surface area contributed by atoms with Crippen LogP contribution in [-0.4, -0.2) is 25.0 Å². The predicted octanol–water partition coefficient (Wildman–Crippen LogP) is 6.49. The highest BCUT2D eigenvalue weighted by atomic mass is 19.1. The van der Waals surface area contributed by atoms with Crippen molar-refractivity contribution in [3.8, 4) is 11.5 Å². The number of nitrogens with zero attached hydrogens (tertiary/aromatic N) is 1. The van der Waals surface area contributed by atoms with Crippen LogP contribution in [0.15, 0.2) is 115 Å². The Morgan fingerprint density at radius 2 is 1.41 bits per heavy atom. The van der Waals surface area contributed by atoms with Crippen molar-refractivity contribution in [1.29, 1.82) is 0 Å². The fraction of sp³-hybridized carbons (Fsp3) is 0.0667. The lowest BCUT2D eigenvalue weighted by molar-refractivity contribution is -0.116. The van der Waals surface area contributed by atoms with Gasteiger partial charge < -0.3 is 15.4 Å². The molecule has 0 aliphatic carbocycles. The second-order valence-corrected chi connectivity index (χ2v) is 8.01. The maximum absolute atomic E-state index is 14.1. The molecule has 0 heterocycles. The summed E-state index contributed by atoms with van der Waals surface area (Å²) >= 11 is 0. The van der Waals surface area contributed by atoms with Crippen molar-refractivity contribution in [2.45, 2.75) is 0 Å². The van der Waals surface area contributed by atoms with Crippen molar-refractivity contribution in [3.63, 3.8) is 0 Å². The molecule has 0 atom stereocenters. The van der Waals surface area contributed by atoms with Crippen LogP contribution in [0.1, 0.15) is 5.56 Å². The van der Waals surface area contributed by atoms with Crippen LogP contribution in [0.25, 0.3) is 6.08 Å². The summed E-state index contributed by atoms with van der Waals surface area (Å²) < 4.78 is 20.0. The fourth-order valence-corrected chi connectivity index (χ4v) is 3.50. The van der Waals surface area contributed by atoms with Gasteiger partial charge in [-0.05, 0) is 60.2 Å². The summed E-state index contributed by atoms with van der Waals surface area (Å²) in [5, 5.41) is 5.38. The predicted molar refractivity (Wildman–Crippen MR) is 144 cm³/mol. The number of carbonyl (C=O) groups excluding carboxylic acids is 2. The number of rotatable bonds is 9. The molecule has 0 bridgehead atoms. The first kappa shape index (κ1) is 25.2. The lowest BCUT2D eigenvalue weighted by Crippen LogP contribution is -2.40. The van der Waals surface area contributed by atoms with Gasteiger partial charge in [0.15, 0.2) is 0 Å². The summed E-state index contributed by atoms with van der Waals surface area (Å²) in [6, 6.07) is 31.2. The highest BCUT2D eigenvalue weighted by Crippen LogP contribution is 2.25. The van der Waals surface area contributed by atoms with Crippen LogP contribution >= 0.6 is 0 Å². The van der Waals surface area contributed by atoms with E-state index in [9.17, 15) is 14.0 Å². The Morgan fingerprint density at radius 3 is 2.11 bits per heavy atom. The first-order chi connectivity index (χ1) is 18.1. The molecule has 0 spiro atoms. The topological polar surface area (TPSA) is 70.7 Å². The van der Waals surface area contributed by atoms with Gasteiger partial charge in [-0.15, -0.1) is 0 Å². The smallest absolute Gasteiger partial charge is 0.326 e. The van der Waals surface area contributed by atoms with E-state index < -0.39 is 11.8 Å². The van der Waals surface area contributed by atoms with Crippen LogP contribution in [0.2, 0.25) is 0 Å². The molecule has 4 aromatic carbocycles. The summed E-state index contributed by atoms with van der Waals surface area (Å²) in [6.45, 7) is 0.342. The van der Waals surface area contributed by atoms with Crippen molar-refractivity contribution in [1.82, 2.24) is 5.32 Å². The summed E-state index contributed by atoms with van der Waals surface area (Å²) in [7, 11) is 0. The molecular weight excluding hydrogens is 469 g/mol. The number of ether oxygens (including phenoxy) is 1. The average Bonchev–Trinajstić information content (AvgIpc) is 2.93. The minimum absolute atomic E-state index is 0.0661. The van der Waals surface area contributed by atoms with Crippen molar-refractivity contribution in [3.05, 3.63) is 127 Å². The maximum atomic E-state index is 14.1. The molecule has 37 heavy (non-hydrogen) atoms. The van der Waals surface area contributed by atoms with Crippen LogP contribution < -0.4 is 20.3 Å². The number of hydrogen-bond donors (Lipinski definition) is 2.